The summed E-state index contributed by atoms with van der Waals surface area (Å²) < 4.78 is 9.48. The number of nitrogens with zero attached hydrogens (tertiary/aromatic N) is 6. The highest BCUT2D eigenvalue weighted by molar-refractivity contribution is 5.99. The number of amides is 2. The van der Waals surface area contributed by atoms with Crippen molar-refractivity contribution in [1.82, 2.24) is 29.5 Å². The van der Waals surface area contributed by atoms with Crippen molar-refractivity contribution in [1.29, 1.82) is 0 Å². The Bertz CT molecular complexity index is 1840. The van der Waals surface area contributed by atoms with Gasteiger partial charge in [-0.15, -0.1) is 0 Å². The fraction of sp³-hybridized carbons (Fsp3) is 0.129. The van der Waals surface area contributed by atoms with Crippen molar-refractivity contribution in [2.24, 2.45) is 7.05 Å². The molecule has 0 bridgehead atoms. The van der Waals surface area contributed by atoms with Crippen LogP contribution < -0.4 is 15.4 Å². The van der Waals surface area contributed by atoms with Gasteiger partial charge in [0.15, 0.2) is 0 Å². The first-order valence-electron chi connectivity index (χ1n) is 13.2. The zero-order valence-corrected chi connectivity index (χ0v) is 22.8. The standard InChI is InChI=1S/C31H28N8O2/c1-20(2)28-17-30(39(37-28)24-8-11-27-21(15-24)5-4-13-32-27)36-31(40)35-23-6-9-25(10-7-23)41-26-12-14-33-29(16-26)22-18-34-38(3)19-22/h4-20H,1-3H3,(H2,35,36,40). The number of fused-ring (bicyclic) bond motifs is 1. The van der Waals surface area contributed by atoms with Crippen LogP contribution in [0.15, 0.2) is 97.6 Å². The van der Waals surface area contributed by atoms with Crippen molar-refractivity contribution in [3.63, 3.8) is 0 Å². The number of urea groups is 1. The zero-order valence-electron chi connectivity index (χ0n) is 22.8. The summed E-state index contributed by atoms with van der Waals surface area (Å²) in [7, 11) is 1.86. The van der Waals surface area contributed by atoms with Crippen LogP contribution in [0.1, 0.15) is 25.5 Å². The molecule has 2 aromatic carbocycles. The average molecular weight is 545 g/mol. The second-order valence-corrected chi connectivity index (χ2v) is 9.89. The molecule has 0 aliphatic rings. The quantitative estimate of drug-likeness (QED) is 0.229. The molecule has 10 heteroatoms. The highest BCUT2D eigenvalue weighted by Crippen LogP contribution is 2.27. The molecule has 0 spiro atoms. The second-order valence-electron chi connectivity index (χ2n) is 9.89. The number of carbonyl (C=O) groups excluding carboxylic acids is 1. The fourth-order valence-corrected chi connectivity index (χ4v) is 4.37. The Kier molecular flexibility index (Phi) is 6.87. The van der Waals surface area contributed by atoms with Crippen LogP contribution in [-0.2, 0) is 7.05 Å². The highest BCUT2D eigenvalue weighted by Gasteiger charge is 2.15. The predicted molar refractivity (Wildman–Crippen MR) is 159 cm³/mol. The van der Waals surface area contributed by atoms with Gasteiger partial charge in [0.25, 0.3) is 0 Å². The van der Waals surface area contributed by atoms with Gasteiger partial charge in [-0.05, 0) is 60.5 Å². The second kappa shape index (κ2) is 10.9. The summed E-state index contributed by atoms with van der Waals surface area (Å²) in [6.45, 7) is 4.13. The molecule has 4 aromatic heterocycles. The molecular weight excluding hydrogens is 516 g/mol. The van der Waals surface area contributed by atoms with Crippen molar-refractivity contribution in [2.45, 2.75) is 19.8 Å². The number of carbonyl (C=O) groups is 1. The number of aryl methyl sites for hydroxylation is 1. The van der Waals surface area contributed by atoms with Gasteiger partial charge >= 0.3 is 6.03 Å². The predicted octanol–water partition coefficient (Wildman–Crippen LogP) is 6.78. The van der Waals surface area contributed by atoms with Gasteiger partial charge in [0.05, 0.1) is 28.8 Å². The summed E-state index contributed by atoms with van der Waals surface area (Å²) in [6.07, 6.45) is 7.12. The number of pyridine rings is 2. The van der Waals surface area contributed by atoms with Crippen LogP contribution in [0, 0.1) is 0 Å². The van der Waals surface area contributed by atoms with Gasteiger partial charge in [-0.2, -0.15) is 10.2 Å². The Morgan fingerprint density at radius 3 is 2.54 bits per heavy atom. The Hall–Kier alpha value is -5.51. The molecule has 0 saturated carbocycles. The van der Waals surface area contributed by atoms with E-state index >= 15 is 0 Å². The van der Waals surface area contributed by atoms with Crippen molar-refractivity contribution in [3.05, 3.63) is 103 Å². The largest absolute Gasteiger partial charge is 0.457 e. The molecule has 6 aromatic rings. The molecule has 10 nitrogen and oxygen atoms in total. The van der Waals surface area contributed by atoms with Gasteiger partial charge in [0, 0.05) is 54.4 Å². The van der Waals surface area contributed by atoms with Crippen LogP contribution in [0.3, 0.4) is 0 Å². The van der Waals surface area contributed by atoms with Gasteiger partial charge < -0.3 is 10.1 Å². The summed E-state index contributed by atoms with van der Waals surface area (Å²) in [4.78, 5) is 21.8. The molecule has 4 heterocycles. The molecule has 0 saturated heterocycles. The third-order valence-electron chi connectivity index (χ3n) is 6.47. The van der Waals surface area contributed by atoms with Gasteiger partial charge in [-0.25, -0.2) is 9.48 Å². The number of benzene rings is 2. The van der Waals surface area contributed by atoms with E-state index in [2.05, 4.69) is 39.5 Å². The Labute approximate surface area is 236 Å². The van der Waals surface area contributed by atoms with E-state index in [-0.39, 0.29) is 11.9 Å². The van der Waals surface area contributed by atoms with Crippen LogP contribution >= 0.6 is 0 Å². The normalized spacial score (nSPS) is 11.1. The molecule has 0 aliphatic carbocycles. The third-order valence-corrected chi connectivity index (χ3v) is 6.47. The van der Waals surface area contributed by atoms with E-state index < -0.39 is 0 Å². The third kappa shape index (κ3) is 5.76. The van der Waals surface area contributed by atoms with E-state index in [1.54, 1.807) is 58.3 Å². The van der Waals surface area contributed by atoms with E-state index in [1.807, 2.05) is 55.7 Å². The van der Waals surface area contributed by atoms with Gasteiger partial charge in [-0.3, -0.25) is 20.0 Å². The maximum Gasteiger partial charge on any atom is 0.324 e. The van der Waals surface area contributed by atoms with Crippen LogP contribution in [0.25, 0.3) is 27.8 Å². The lowest BCUT2D eigenvalue weighted by Gasteiger charge is -2.11. The number of rotatable bonds is 7. The average Bonchev–Trinajstić information content (AvgIpc) is 3.60. The molecule has 0 unspecified atom stereocenters. The smallest absolute Gasteiger partial charge is 0.324 e. The molecule has 0 aliphatic heterocycles. The molecule has 0 radical (unpaired) electrons. The van der Waals surface area contributed by atoms with Gasteiger partial charge in [0.2, 0.25) is 0 Å². The molecule has 0 fully saturated rings. The lowest BCUT2D eigenvalue weighted by Crippen LogP contribution is -2.21. The van der Waals surface area contributed by atoms with E-state index in [0.717, 1.165) is 33.5 Å². The van der Waals surface area contributed by atoms with Gasteiger partial charge in [-0.1, -0.05) is 19.9 Å². The maximum atomic E-state index is 13.0. The fourth-order valence-electron chi connectivity index (χ4n) is 4.37. The highest BCUT2D eigenvalue weighted by atomic mass is 16.5. The monoisotopic (exact) mass is 544 g/mol. The Morgan fingerprint density at radius 1 is 0.902 bits per heavy atom. The van der Waals surface area contributed by atoms with E-state index in [1.165, 1.54) is 0 Å². The number of hydrogen-bond acceptors (Lipinski definition) is 6. The molecular formula is C31H28N8O2. The number of anilines is 2. The van der Waals surface area contributed by atoms with E-state index in [9.17, 15) is 4.79 Å². The summed E-state index contributed by atoms with van der Waals surface area (Å²) in [5.74, 6) is 2.03. The summed E-state index contributed by atoms with van der Waals surface area (Å²) in [5.41, 5.74) is 4.89. The molecule has 41 heavy (non-hydrogen) atoms. The lowest BCUT2D eigenvalue weighted by atomic mass is 10.1. The van der Waals surface area contributed by atoms with Crippen molar-refractivity contribution < 1.29 is 9.53 Å². The molecule has 6 rings (SSSR count). The SMILES string of the molecule is CC(C)c1cc(NC(=O)Nc2ccc(Oc3ccnc(-c4cnn(C)c4)c3)cc2)n(-c2ccc3ncccc3c2)n1. The van der Waals surface area contributed by atoms with Crippen LogP contribution in [0.4, 0.5) is 16.3 Å². The van der Waals surface area contributed by atoms with Crippen molar-refractivity contribution in [2.75, 3.05) is 10.6 Å². The summed E-state index contributed by atoms with van der Waals surface area (Å²) >= 11 is 0. The minimum absolute atomic E-state index is 0.190. The maximum absolute atomic E-state index is 13.0. The topological polar surface area (TPSA) is 112 Å². The minimum atomic E-state index is -0.382. The van der Waals surface area contributed by atoms with E-state index in [0.29, 0.717) is 23.0 Å². The Morgan fingerprint density at radius 2 is 1.76 bits per heavy atom. The van der Waals surface area contributed by atoms with E-state index in [4.69, 9.17) is 9.84 Å². The first kappa shape index (κ1) is 25.8. The van der Waals surface area contributed by atoms with Gasteiger partial charge in [0.1, 0.15) is 17.3 Å². The minimum Gasteiger partial charge on any atom is -0.457 e. The van der Waals surface area contributed by atoms with Crippen molar-refractivity contribution in [3.8, 4) is 28.4 Å². The number of aromatic nitrogens is 6. The zero-order chi connectivity index (χ0) is 28.3. The first-order chi connectivity index (χ1) is 19.9. The number of ether oxygens (including phenoxy) is 1. The summed E-state index contributed by atoms with van der Waals surface area (Å²) in [5, 5.41) is 15.8. The van der Waals surface area contributed by atoms with Crippen LogP contribution in [0.2, 0.25) is 0 Å². The molecule has 2 N–H and O–H groups in total. The number of nitrogens with one attached hydrogen (secondary N) is 2. The molecule has 204 valence electrons. The first-order valence-corrected chi connectivity index (χ1v) is 13.2. The number of hydrogen-bond donors (Lipinski definition) is 2. The molecule has 2 amide bonds. The van der Waals surface area contributed by atoms with Crippen LogP contribution in [-0.4, -0.2) is 35.6 Å². The van der Waals surface area contributed by atoms with Crippen LogP contribution in [0.5, 0.6) is 11.5 Å². The van der Waals surface area contributed by atoms with Crippen molar-refractivity contribution >= 4 is 28.4 Å². The summed E-state index contributed by atoms with van der Waals surface area (Å²) in [6, 6.07) is 22.1. The Balaban J connectivity index is 1.15. The molecule has 0 atom stereocenters. The lowest BCUT2D eigenvalue weighted by molar-refractivity contribution is 0.262.